The minimum atomic E-state index is -0.435. The molecule has 0 saturated carbocycles. The Morgan fingerprint density at radius 1 is 1.27 bits per heavy atom. The molecular formula is C23H25ClFN7O. The van der Waals surface area contributed by atoms with Gasteiger partial charge in [-0.25, -0.2) is 19.3 Å². The number of carbonyl (C=O) groups excluding carboxylic acids is 1. The van der Waals surface area contributed by atoms with Gasteiger partial charge in [0, 0.05) is 49.4 Å². The van der Waals surface area contributed by atoms with Crippen molar-refractivity contribution in [3.8, 4) is 11.3 Å². The van der Waals surface area contributed by atoms with Gasteiger partial charge in [-0.1, -0.05) is 11.6 Å². The highest BCUT2D eigenvalue weighted by molar-refractivity contribution is 6.31. The molecular weight excluding hydrogens is 445 g/mol. The molecule has 10 heteroatoms. The highest BCUT2D eigenvalue weighted by Gasteiger charge is 2.30. The number of nitrogens with zero attached hydrogens (tertiary/aromatic N) is 5. The Kier molecular flexibility index (Phi) is 5.99. The summed E-state index contributed by atoms with van der Waals surface area (Å²) in [7, 11) is 1.93. The topological polar surface area (TPSA) is 88.0 Å². The molecule has 8 nitrogen and oxygen atoms in total. The van der Waals surface area contributed by atoms with Crippen LogP contribution in [0.3, 0.4) is 0 Å². The molecule has 0 bridgehead atoms. The van der Waals surface area contributed by atoms with Crippen LogP contribution in [0.1, 0.15) is 30.1 Å². The van der Waals surface area contributed by atoms with Gasteiger partial charge in [-0.2, -0.15) is 0 Å². The number of amides is 1. The summed E-state index contributed by atoms with van der Waals surface area (Å²) in [5.74, 6) is 2.31. The number of fused-ring (bicyclic) bond motifs is 1. The first-order valence-electron chi connectivity index (χ1n) is 11.1. The van der Waals surface area contributed by atoms with E-state index in [4.69, 9.17) is 16.6 Å². The van der Waals surface area contributed by atoms with Gasteiger partial charge in [0.15, 0.2) is 0 Å². The number of nitrogens with one attached hydrogen (secondary N) is 2. The minimum Gasteiger partial charge on any atom is -0.356 e. The molecule has 1 saturated heterocycles. The van der Waals surface area contributed by atoms with Crippen LogP contribution in [-0.2, 0) is 17.8 Å². The zero-order valence-corrected chi connectivity index (χ0v) is 19.1. The molecule has 2 aromatic heterocycles. The molecule has 0 radical (unpaired) electrons. The lowest BCUT2D eigenvalue weighted by Gasteiger charge is -2.33. The quantitative estimate of drug-likeness (QED) is 0.576. The molecule has 1 aromatic carbocycles. The number of hydrogen-bond donors (Lipinski definition) is 2. The lowest BCUT2D eigenvalue weighted by Crippen LogP contribution is -2.35. The third kappa shape index (κ3) is 4.30. The van der Waals surface area contributed by atoms with Gasteiger partial charge in [0.25, 0.3) is 0 Å². The van der Waals surface area contributed by atoms with Crippen molar-refractivity contribution < 1.29 is 9.18 Å². The predicted molar refractivity (Wildman–Crippen MR) is 125 cm³/mol. The summed E-state index contributed by atoms with van der Waals surface area (Å²) in [5.41, 5.74) is 2.48. The van der Waals surface area contributed by atoms with Gasteiger partial charge in [0.05, 0.1) is 17.1 Å². The van der Waals surface area contributed by atoms with Crippen LogP contribution in [0.2, 0.25) is 5.02 Å². The number of halogens is 2. The highest BCUT2D eigenvalue weighted by atomic mass is 35.5. The van der Waals surface area contributed by atoms with E-state index in [0.29, 0.717) is 12.2 Å². The van der Waals surface area contributed by atoms with Crippen molar-refractivity contribution in [2.45, 2.75) is 31.7 Å². The second kappa shape index (κ2) is 9.07. The van der Waals surface area contributed by atoms with E-state index in [0.717, 1.165) is 67.5 Å². The van der Waals surface area contributed by atoms with Gasteiger partial charge in [-0.3, -0.25) is 4.79 Å². The van der Waals surface area contributed by atoms with Gasteiger partial charge < -0.3 is 20.1 Å². The SMILES string of the molecule is CNCCn1cc(-c2ccc(F)c(Cl)c2)nc1C1CCN(c2ncnc3c2CC(=O)N3)CC1. The number of piperidine rings is 1. The Labute approximate surface area is 196 Å². The van der Waals surface area contributed by atoms with Crippen molar-refractivity contribution in [2.24, 2.45) is 0 Å². The number of imidazole rings is 1. The van der Waals surface area contributed by atoms with E-state index < -0.39 is 5.82 Å². The van der Waals surface area contributed by atoms with Crippen LogP contribution in [0, 0.1) is 5.82 Å². The number of benzene rings is 1. The molecule has 1 amide bonds. The van der Waals surface area contributed by atoms with Crippen molar-refractivity contribution in [1.29, 1.82) is 0 Å². The van der Waals surface area contributed by atoms with E-state index in [1.54, 1.807) is 12.1 Å². The van der Waals surface area contributed by atoms with Gasteiger partial charge in [-0.15, -0.1) is 0 Å². The first kappa shape index (κ1) is 21.8. The molecule has 0 aliphatic carbocycles. The lowest BCUT2D eigenvalue weighted by molar-refractivity contribution is -0.115. The van der Waals surface area contributed by atoms with Crippen LogP contribution < -0.4 is 15.5 Å². The summed E-state index contributed by atoms with van der Waals surface area (Å²) < 4.78 is 15.8. The molecule has 1 fully saturated rings. The molecule has 3 aromatic rings. The summed E-state index contributed by atoms with van der Waals surface area (Å²) in [5, 5.41) is 6.08. The number of carbonyl (C=O) groups is 1. The molecule has 2 aliphatic rings. The Morgan fingerprint density at radius 3 is 2.85 bits per heavy atom. The molecule has 2 aliphatic heterocycles. The third-order valence-electron chi connectivity index (χ3n) is 6.30. The molecule has 33 heavy (non-hydrogen) atoms. The molecule has 2 N–H and O–H groups in total. The van der Waals surface area contributed by atoms with Crippen molar-refractivity contribution in [2.75, 3.05) is 36.9 Å². The Morgan fingerprint density at radius 2 is 2.09 bits per heavy atom. The predicted octanol–water partition coefficient (Wildman–Crippen LogP) is 3.23. The summed E-state index contributed by atoms with van der Waals surface area (Å²) in [6, 6.07) is 4.71. The molecule has 5 rings (SSSR count). The van der Waals surface area contributed by atoms with E-state index in [1.165, 1.54) is 12.4 Å². The second-order valence-corrected chi connectivity index (χ2v) is 8.83. The van der Waals surface area contributed by atoms with Crippen LogP contribution in [-0.4, -0.2) is 52.1 Å². The number of aromatic nitrogens is 4. The zero-order chi connectivity index (χ0) is 22.9. The minimum absolute atomic E-state index is 0.0402. The fraction of sp³-hybridized carbons (Fsp3) is 0.391. The third-order valence-corrected chi connectivity index (χ3v) is 6.59. The maximum atomic E-state index is 13.6. The van der Waals surface area contributed by atoms with Crippen molar-refractivity contribution in [1.82, 2.24) is 24.8 Å². The van der Waals surface area contributed by atoms with E-state index in [2.05, 4.69) is 30.1 Å². The number of hydrogen-bond acceptors (Lipinski definition) is 6. The van der Waals surface area contributed by atoms with Crippen molar-refractivity contribution in [3.05, 3.63) is 53.0 Å². The number of likely N-dealkylation sites (N-methyl/N-ethyl adjacent to an activating group) is 1. The van der Waals surface area contributed by atoms with Crippen molar-refractivity contribution >= 4 is 29.1 Å². The average Bonchev–Trinajstić information content (AvgIpc) is 3.42. The summed E-state index contributed by atoms with van der Waals surface area (Å²) in [4.78, 5) is 27.7. The first-order chi connectivity index (χ1) is 16.0. The van der Waals surface area contributed by atoms with E-state index in [1.807, 2.05) is 13.2 Å². The van der Waals surface area contributed by atoms with Crippen LogP contribution >= 0.6 is 11.6 Å². The molecule has 0 spiro atoms. The van der Waals surface area contributed by atoms with Crippen LogP contribution in [0.15, 0.2) is 30.7 Å². The Hall–Kier alpha value is -3.04. The highest BCUT2D eigenvalue weighted by Crippen LogP contribution is 2.35. The smallest absolute Gasteiger partial charge is 0.230 e. The first-order valence-corrected chi connectivity index (χ1v) is 11.5. The fourth-order valence-electron chi connectivity index (χ4n) is 4.59. The average molecular weight is 470 g/mol. The summed E-state index contributed by atoms with van der Waals surface area (Å²) in [6.07, 6.45) is 5.69. The Balaban J connectivity index is 1.37. The number of rotatable bonds is 6. The maximum absolute atomic E-state index is 13.6. The molecule has 172 valence electrons. The Bertz CT molecular complexity index is 1190. The van der Waals surface area contributed by atoms with E-state index >= 15 is 0 Å². The summed E-state index contributed by atoms with van der Waals surface area (Å²) in [6.45, 7) is 3.25. The fourth-order valence-corrected chi connectivity index (χ4v) is 4.77. The monoisotopic (exact) mass is 469 g/mol. The maximum Gasteiger partial charge on any atom is 0.230 e. The van der Waals surface area contributed by atoms with Gasteiger partial charge >= 0.3 is 0 Å². The standard InChI is InChI=1S/C23H25ClFN7O/c1-26-6-9-32-12-19(15-2-3-18(25)17(24)10-15)29-22(32)14-4-7-31(8-5-14)23-16-11-20(33)30-21(16)27-13-28-23/h2-3,10,12-14,26H,4-9,11H2,1H3,(H,27,28,30,33). The van der Waals surface area contributed by atoms with Crippen LogP contribution in [0.25, 0.3) is 11.3 Å². The number of anilines is 2. The van der Waals surface area contributed by atoms with Crippen LogP contribution in [0.4, 0.5) is 16.0 Å². The zero-order valence-electron chi connectivity index (χ0n) is 18.3. The largest absolute Gasteiger partial charge is 0.356 e. The lowest BCUT2D eigenvalue weighted by atomic mass is 9.95. The second-order valence-electron chi connectivity index (χ2n) is 8.42. The van der Waals surface area contributed by atoms with Gasteiger partial charge in [0.2, 0.25) is 5.91 Å². The van der Waals surface area contributed by atoms with E-state index in [-0.39, 0.29) is 16.8 Å². The van der Waals surface area contributed by atoms with Crippen molar-refractivity contribution in [3.63, 3.8) is 0 Å². The molecule has 4 heterocycles. The van der Waals surface area contributed by atoms with Gasteiger partial charge in [0.1, 0.15) is 29.6 Å². The normalized spacial score (nSPS) is 16.2. The molecule has 0 unspecified atom stereocenters. The van der Waals surface area contributed by atoms with Gasteiger partial charge in [-0.05, 0) is 38.1 Å². The van der Waals surface area contributed by atoms with E-state index in [9.17, 15) is 9.18 Å². The van der Waals surface area contributed by atoms with Crippen LogP contribution in [0.5, 0.6) is 0 Å². The molecule has 0 atom stereocenters. The summed E-state index contributed by atoms with van der Waals surface area (Å²) >= 11 is 6.01.